The predicted octanol–water partition coefficient (Wildman–Crippen LogP) is 3.82. The summed E-state index contributed by atoms with van der Waals surface area (Å²) in [5.41, 5.74) is 5.46. The minimum atomic E-state index is -0.261. The van der Waals surface area contributed by atoms with Crippen LogP contribution in [0.3, 0.4) is 0 Å². The van der Waals surface area contributed by atoms with E-state index in [1.165, 1.54) is 16.8 Å². The zero-order chi connectivity index (χ0) is 14.8. The van der Waals surface area contributed by atoms with Crippen LogP contribution in [0.2, 0.25) is 0 Å². The third kappa shape index (κ3) is 2.92. The maximum absolute atomic E-state index is 11.9. The standard InChI is InChI=1S/C17H18N2O2.ClH/c1-3-21-17(20)14-5-4-13-6-7-16(12(2)15(13)10-14)19-9-8-18-11-19;/h4-5,8-11H,3,6-7H2,1-2H3;1H. The number of aryl methyl sites for hydroxylation is 1. The summed E-state index contributed by atoms with van der Waals surface area (Å²) in [6.45, 7) is 4.31. The van der Waals surface area contributed by atoms with Gasteiger partial charge in [-0.1, -0.05) is 6.07 Å². The first-order chi connectivity index (χ1) is 10.2. The SMILES string of the molecule is CCOC(=O)c1ccc2c(c1)C(C)=C(n1ccnc1)CC2.Cl. The van der Waals surface area contributed by atoms with Crippen molar-refractivity contribution in [3.05, 3.63) is 53.6 Å². The molecule has 1 aliphatic rings. The molecule has 0 bridgehead atoms. The summed E-state index contributed by atoms with van der Waals surface area (Å²) in [5, 5.41) is 0. The average molecular weight is 319 g/mol. The molecule has 0 saturated heterocycles. The van der Waals surface area contributed by atoms with E-state index in [4.69, 9.17) is 4.74 Å². The lowest BCUT2D eigenvalue weighted by atomic mass is 9.88. The second kappa shape index (κ2) is 6.79. The number of allylic oxidation sites excluding steroid dienone is 2. The molecule has 1 heterocycles. The Labute approximate surface area is 136 Å². The van der Waals surface area contributed by atoms with Crippen LogP contribution in [0.5, 0.6) is 0 Å². The summed E-state index contributed by atoms with van der Waals surface area (Å²) in [4.78, 5) is 16.0. The molecule has 5 heteroatoms. The van der Waals surface area contributed by atoms with Crippen LogP contribution in [0, 0.1) is 0 Å². The van der Waals surface area contributed by atoms with Crippen LogP contribution in [0.25, 0.3) is 11.3 Å². The molecule has 116 valence electrons. The van der Waals surface area contributed by atoms with E-state index < -0.39 is 0 Å². The third-order valence-corrected chi connectivity index (χ3v) is 3.91. The maximum atomic E-state index is 11.9. The number of halogens is 1. The van der Waals surface area contributed by atoms with Gasteiger partial charge in [-0.3, -0.25) is 0 Å². The number of benzene rings is 1. The van der Waals surface area contributed by atoms with Gasteiger partial charge >= 0.3 is 5.97 Å². The van der Waals surface area contributed by atoms with Crippen LogP contribution >= 0.6 is 12.4 Å². The fourth-order valence-corrected chi connectivity index (χ4v) is 2.82. The van der Waals surface area contributed by atoms with E-state index in [2.05, 4.69) is 16.5 Å². The Kier molecular flexibility index (Phi) is 5.03. The van der Waals surface area contributed by atoms with Crippen molar-refractivity contribution >= 4 is 29.6 Å². The quantitative estimate of drug-likeness (QED) is 0.808. The third-order valence-electron chi connectivity index (χ3n) is 3.91. The molecule has 0 unspecified atom stereocenters. The molecule has 0 spiro atoms. The van der Waals surface area contributed by atoms with Crippen LogP contribution in [0.4, 0.5) is 0 Å². The largest absolute Gasteiger partial charge is 0.462 e. The Balaban J connectivity index is 0.00000176. The number of fused-ring (bicyclic) bond motifs is 1. The van der Waals surface area contributed by atoms with E-state index in [-0.39, 0.29) is 18.4 Å². The van der Waals surface area contributed by atoms with Crippen molar-refractivity contribution in [1.82, 2.24) is 9.55 Å². The number of nitrogens with zero attached hydrogens (tertiary/aromatic N) is 2. The van der Waals surface area contributed by atoms with E-state index in [0.717, 1.165) is 18.4 Å². The highest BCUT2D eigenvalue weighted by Crippen LogP contribution is 2.34. The van der Waals surface area contributed by atoms with Crippen LogP contribution < -0.4 is 0 Å². The van der Waals surface area contributed by atoms with E-state index >= 15 is 0 Å². The van der Waals surface area contributed by atoms with Gasteiger partial charge in [0.15, 0.2) is 0 Å². The molecule has 0 fully saturated rings. The van der Waals surface area contributed by atoms with Crippen molar-refractivity contribution in [3.8, 4) is 0 Å². The van der Waals surface area contributed by atoms with Crippen LogP contribution in [0.1, 0.15) is 41.8 Å². The van der Waals surface area contributed by atoms with Crippen molar-refractivity contribution in [1.29, 1.82) is 0 Å². The number of aromatic nitrogens is 2. The number of esters is 1. The number of imidazole rings is 1. The first-order valence-electron chi connectivity index (χ1n) is 7.19. The van der Waals surface area contributed by atoms with Gasteiger partial charge in [-0.15, -0.1) is 12.4 Å². The Hall–Kier alpha value is -2.07. The van der Waals surface area contributed by atoms with E-state index in [9.17, 15) is 4.79 Å². The number of carbonyl (C=O) groups excluding carboxylic acids is 1. The molecule has 1 aliphatic carbocycles. The fourth-order valence-electron chi connectivity index (χ4n) is 2.82. The van der Waals surface area contributed by atoms with Gasteiger partial charge in [-0.05, 0) is 55.5 Å². The molecule has 0 radical (unpaired) electrons. The molecular weight excluding hydrogens is 300 g/mol. The second-order valence-electron chi connectivity index (χ2n) is 5.13. The Bertz CT molecular complexity index is 705. The lowest BCUT2D eigenvalue weighted by Crippen LogP contribution is -2.10. The normalized spacial score (nSPS) is 13.4. The lowest BCUT2D eigenvalue weighted by Gasteiger charge is -2.22. The first-order valence-corrected chi connectivity index (χ1v) is 7.19. The topological polar surface area (TPSA) is 44.1 Å². The van der Waals surface area contributed by atoms with E-state index in [0.29, 0.717) is 12.2 Å². The predicted molar refractivity (Wildman–Crippen MR) is 89.0 cm³/mol. The van der Waals surface area contributed by atoms with Gasteiger partial charge in [0.25, 0.3) is 0 Å². The molecule has 0 aliphatic heterocycles. The number of carbonyl (C=O) groups is 1. The van der Waals surface area contributed by atoms with Crippen LogP contribution in [-0.4, -0.2) is 22.1 Å². The minimum Gasteiger partial charge on any atom is -0.462 e. The number of hydrogen-bond donors (Lipinski definition) is 0. The summed E-state index contributed by atoms with van der Waals surface area (Å²) < 4.78 is 7.13. The molecule has 0 atom stereocenters. The molecule has 0 N–H and O–H groups in total. The minimum absolute atomic E-state index is 0. The molecule has 1 aromatic heterocycles. The molecule has 0 amide bonds. The Morgan fingerprint density at radius 1 is 1.36 bits per heavy atom. The highest BCUT2D eigenvalue weighted by molar-refractivity contribution is 5.93. The summed E-state index contributed by atoms with van der Waals surface area (Å²) >= 11 is 0. The van der Waals surface area contributed by atoms with Crippen molar-refractivity contribution in [2.45, 2.75) is 26.7 Å². The Morgan fingerprint density at radius 2 is 2.18 bits per heavy atom. The zero-order valence-electron chi connectivity index (χ0n) is 12.7. The first kappa shape index (κ1) is 16.3. The van der Waals surface area contributed by atoms with Crippen molar-refractivity contribution in [2.24, 2.45) is 0 Å². The monoisotopic (exact) mass is 318 g/mol. The van der Waals surface area contributed by atoms with Gasteiger partial charge in [-0.25, -0.2) is 9.78 Å². The summed E-state index contributed by atoms with van der Waals surface area (Å²) in [6.07, 6.45) is 7.51. The fraction of sp³-hybridized carbons (Fsp3) is 0.294. The maximum Gasteiger partial charge on any atom is 0.338 e. The number of rotatable bonds is 3. The summed E-state index contributed by atoms with van der Waals surface area (Å²) in [7, 11) is 0. The van der Waals surface area contributed by atoms with E-state index in [1.54, 1.807) is 6.20 Å². The molecule has 4 nitrogen and oxygen atoms in total. The van der Waals surface area contributed by atoms with Gasteiger partial charge < -0.3 is 9.30 Å². The van der Waals surface area contributed by atoms with Gasteiger partial charge in [-0.2, -0.15) is 0 Å². The second-order valence-corrected chi connectivity index (χ2v) is 5.13. The summed E-state index contributed by atoms with van der Waals surface area (Å²) in [6, 6.07) is 5.83. The van der Waals surface area contributed by atoms with Crippen molar-refractivity contribution in [3.63, 3.8) is 0 Å². The molecule has 3 rings (SSSR count). The number of hydrogen-bond acceptors (Lipinski definition) is 3. The lowest BCUT2D eigenvalue weighted by molar-refractivity contribution is 0.0526. The molecule has 0 saturated carbocycles. The average Bonchev–Trinajstić information content (AvgIpc) is 3.02. The highest BCUT2D eigenvalue weighted by Gasteiger charge is 2.19. The van der Waals surface area contributed by atoms with Gasteiger partial charge in [0.05, 0.1) is 18.5 Å². The highest BCUT2D eigenvalue weighted by atomic mass is 35.5. The van der Waals surface area contributed by atoms with E-state index in [1.807, 2.05) is 37.6 Å². The van der Waals surface area contributed by atoms with Crippen molar-refractivity contribution in [2.75, 3.05) is 6.61 Å². The van der Waals surface area contributed by atoms with Gasteiger partial charge in [0.1, 0.15) is 0 Å². The van der Waals surface area contributed by atoms with Gasteiger partial charge in [0, 0.05) is 18.1 Å². The van der Waals surface area contributed by atoms with Crippen LogP contribution in [-0.2, 0) is 11.2 Å². The molecule has 2 aromatic rings. The van der Waals surface area contributed by atoms with Crippen molar-refractivity contribution < 1.29 is 9.53 Å². The molecular formula is C17H19ClN2O2. The molecule has 22 heavy (non-hydrogen) atoms. The smallest absolute Gasteiger partial charge is 0.338 e. The summed E-state index contributed by atoms with van der Waals surface area (Å²) in [5.74, 6) is -0.261. The Morgan fingerprint density at radius 3 is 2.86 bits per heavy atom. The number of ether oxygens (including phenoxy) is 1. The van der Waals surface area contributed by atoms with Gasteiger partial charge in [0.2, 0.25) is 0 Å². The van der Waals surface area contributed by atoms with Crippen LogP contribution in [0.15, 0.2) is 36.9 Å². The zero-order valence-corrected chi connectivity index (χ0v) is 13.5. The molecule has 1 aromatic carbocycles.